The van der Waals surface area contributed by atoms with Crippen LogP contribution in [0, 0.1) is 0 Å². The molecule has 0 saturated carbocycles. The number of hydrogen-bond donors (Lipinski definition) is 2. The number of aromatic amines is 1. The lowest BCUT2D eigenvalue weighted by Gasteiger charge is -2.35. The number of nitrogens with one attached hydrogen (secondary N) is 2. The van der Waals surface area contributed by atoms with E-state index in [-0.39, 0.29) is 36.3 Å². The van der Waals surface area contributed by atoms with E-state index in [1.54, 1.807) is 9.80 Å². The molecule has 11 nitrogen and oxygen atoms in total. The predicted molar refractivity (Wildman–Crippen MR) is 178 cm³/mol. The fourth-order valence-corrected chi connectivity index (χ4v) is 6.90. The van der Waals surface area contributed by atoms with Crippen molar-refractivity contribution in [2.45, 2.75) is 70.6 Å². The molecule has 2 aliphatic heterocycles. The number of H-pyrrole nitrogens is 1. The Morgan fingerprint density at radius 1 is 0.957 bits per heavy atom. The van der Waals surface area contributed by atoms with Gasteiger partial charge in [0.05, 0.1) is 10.2 Å². The molecule has 4 heterocycles. The molecule has 0 spiro atoms. The molecule has 1 atom stereocenters. The Labute approximate surface area is 272 Å². The second kappa shape index (κ2) is 13.5. The maximum absolute atomic E-state index is 13.8. The molecule has 0 aliphatic carbocycles. The predicted octanol–water partition coefficient (Wildman–Crippen LogP) is 6.37. The molecule has 2 aliphatic rings. The number of ether oxygens (including phenoxy) is 2. The summed E-state index contributed by atoms with van der Waals surface area (Å²) in [5.74, 6) is 0.994. The molecule has 2 aromatic heterocycles. The highest BCUT2D eigenvalue weighted by Gasteiger charge is 2.31. The van der Waals surface area contributed by atoms with E-state index in [1.807, 2.05) is 75.4 Å². The molecular formula is C34H40N6O5S. The number of piperidine rings is 2. The van der Waals surface area contributed by atoms with Crippen LogP contribution in [0.15, 0.2) is 59.4 Å². The molecule has 46 heavy (non-hydrogen) atoms. The molecule has 6 rings (SSSR count). The molecule has 0 radical (unpaired) electrons. The molecular weight excluding hydrogens is 604 g/mol. The topological polar surface area (TPSA) is 130 Å². The van der Waals surface area contributed by atoms with Crippen LogP contribution in [-0.2, 0) is 16.1 Å². The summed E-state index contributed by atoms with van der Waals surface area (Å²) in [6.45, 7) is 7.83. The Balaban J connectivity index is 1.21. The quantitative estimate of drug-likeness (QED) is 0.248. The number of benzene rings is 2. The smallest absolute Gasteiger partial charge is 0.410 e. The largest absolute Gasteiger partial charge is 0.445 e. The van der Waals surface area contributed by atoms with Gasteiger partial charge in [-0.25, -0.2) is 19.6 Å². The molecule has 2 fully saturated rings. The number of rotatable bonds is 6. The zero-order valence-electron chi connectivity index (χ0n) is 26.5. The third kappa shape index (κ3) is 7.50. The van der Waals surface area contributed by atoms with Gasteiger partial charge in [0.1, 0.15) is 34.4 Å². The van der Waals surface area contributed by atoms with Crippen LogP contribution in [0.4, 0.5) is 15.4 Å². The van der Waals surface area contributed by atoms with Crippen molar-refractivity contribution in [1.82, 2.24) is 24.8 Å². The van der Waals surface area contributed by atoms with E-state index >= 15 is 0 Å². The first-order valence-corrected chi connectivity index (χ1v) is 16.6. The van der Waals surface area contributed by atoms with Crippen molar-refractivity contribution in [3.63, 3.8) is 0 Å². The lowest BCUT2D eigenvalue weighted by atomic mass is 9.96. The van der Waals surface area contributed by atoms with Gasteiger partial charge in [-0.2, -0.15) is 0 Å². The summed E-state index contributed by atoms with van der Waals surface area (Å²) in [5.41, 5.74) is 1.29. The monoisotopic (exact) mass is 644 g/mol. The van der Waals surface area contributed by atoms with Crippen LogP contribution in [0.2, 0.25) is 0 Å². The highest BCUT2D eigenvalue weighted by atomic mass is 32.1. The van der Waals surface area contributed by atoms with Crippen LogP contribution in [0.1, 0.15) is 63.8 Å². The van der Waals surface area contributed by atoms with E-state index < -0.39 is 5.60 Å². The number of likely N-dealkylation sites (tertiary alicyclic amines) is 2. The standard InChI is InChI=1S/C34H40N6O5S/c1-34(2,3)45-33(43)40-17-9-12-24(20-40)35-29-27(31-36-25-13-7-8-14-26(25)46-31)30(41)38-28(37-29)23-15-18-39(19-16-23)32(42)44-21-22-10-5-4-6-11-22/h4-8,10-11,13-14,23-24H,9,12,15-21H2,1-3H3,(H2,35,37,38,41)/t24-/m1/s1. The number of carbonyl (C=O) groups is 2. The molecule has 12 heteroatoms. The Kier molecular flexibility index (Phi) is 9.25. The molecule has 2 aromatic carbocycles. The Bertz CT molecular complexity index is 1710. The van der Waals surface area contributed by atoms with E-state index in [0.29, 0.717) is 61.2 Å². The number of carbonyl (C=O) groups excluding carboxylic acids is 2. The van der Waals surface area contributed by atoms with Crippen LogP contribution in [0.3, 0.4) is 0 Å². The fourth-order valence-electron chi connectivity index (χ4n) is 5.89. The second-order valence-corrected chi connectivity index (χ2v) is 13.9. The van der Waals surface area contributed by atoms with Gasteiger partial charge >= 0.3 is 12.2 Å². The zero-order chi connectivity index (χ0) is 32.3. The van der Waals surface area contributed by atoms with Gasteiger partial charge in [-0.3, -0.25) is 4.79 Å². The first-order chi connectivity index (χ1) is 22.1. The van der Waals surface area contributed by atoms with Crippen LogP contribution in [0.25, 0.3) is 20.8 Å². The van der Waals surface area contributed by atoms with Crippen LogP contribution in [-0.4, -0.2) is 74.8 Å². The summed E-state index contributed by atoms with van der Waals surface area (Å²) in [6, 6.07) is 17.3. The highest BCUT2D eigenvalue weighted by molar-refractivity contribution is 7.21. The van der Waals surface area contributed by atoms with Crippen molar-refractivity contribution in [2.24, 2.45) is 0 Å². The van der Waals surface area contributed by atoms with Gasteiger partial charge in [-0.15, -0.1) is 11.3 Å². The number of fused-ring (bicyclic) bond motifs is 1. The molecule has 0 bridgehead atoms. The number of aromatic nitrogens is 3. The van der Waals surface area contributed by atoms with Gasteiger partial charge in [-0.1, -0.05) is 42.5 Å². The van der Waals surface area contributed by atoms with Gasteiger partial charge in [0.2, 0.25) is 0 Å². The number of anilines is 1. The van der Waals surface area contributed by atoms with Gasteiger partial charge in [0, 0.05) is 38.1 Å². The van der Waals surface area contributed by atoms with E-state index in [9.17, 15) is 14.4 Å². The number of hydrogen-bond acceptors (Lipinski definition) is 9. The number of para-hydroxylation sites is 1. The highest BCUT2D eigenvalue weighted by Crippen LogP contribution is 2.34. The van der Waals surface area contributed by atoms with Crippen molar-refractivity contribution < 1.29 is 19.1 Å². The third-order valence-electron chi connectivity index (χ3n) is 8.20. The first kappa shape index (κ1) is 31.5. The molecule has 242 valence electrons. The Morgan fingerprint density at radius 2 is 1.70 bits per heavy atom. The first-order valence-electron chi connectivity index (χ1n) is 15.8. The summed E-state index contributed by atoms with van der Waals surface area (Å²) in [4.78, 5) is 55.7. The third-order valence-corrected chi connectivity index (χ3v) is 9.26. The summed E-state index contributed by atoms with van der Waals surface area (Å²) in [7, 11) is 0. The summed E-state index contributed by atoms with van der Waals surface area (Å²) in [5, 5.41) is 4.10. The summed E-state index contributed by atoms with van der Waals surface area (Å²) >= 11 is 1.45. The fraction of sp³-hybridized carbons (Fsp3) is 0.441. The summed E-state index contributed by atoms with van der Waals surface area (Å²) < 4.78 is 12.1. The van der Waals surface area contributed by atoms with Gasteiger partial charge in [-0.05, 0) is 64.2 Å². The minimum Gasteiger partial charge on any atom is -0.445 e. The molecule has 2 saturated heterocycles. The second-order valence-electron chi connectivity index (χ2n) is 12.9. The van der Waals surface area contributed by atoms with E-state index in [4.69, 9.17) is 19.4 Å². The minimum absolute atomic E-state index is 0.0412. The van der Waals surface area contributed by atoms with Gasteiger partial charge < -0.3 is 29.6 Å². The lowest BCUT2D eigenvalue weighted by molar-refractivity contribution is 0.0206. The molecule has 0 unspecified atom stereocenters. The van der Waals surface area contributed by atoms with Crippen LogP contribution in [0.5, 0.6) is 0 Å². The van der Waals surface area contributed by atoms with Crippen molar-refractivity contribution in [1.29, 1.82) is 0 Å². The van der Waals surface area contributed by atoms with E-state index in [2.05, 4.69) is 10.3 Å². The molecule has 2 amide bonds. The van der Waals surface area contributed by atoms with Crippen molar-refractivity contribution in [2.75, 3.05) is 31.5 Å². The minimum atomic E-state index is -0.588. The van der Waals surface area contributed by atoms with Crippen molar-refractivity contribution >= 4 is 39.6 Å². The molecule has 2 N–H and O–H groups in total. The maximum Gasteiger partial charge on any atom is 0.410 e. The number of amides is 2. The average molecular weight is 645 g/mol. The van der Waals surface area contributed by atoms with Crippen LogP contribution < -0.4 is 10.9 Å². The molecule has 4 aromatic rings. The van der Waals surface area contributed by atoms with Gasteiger partial charge in [0.25, 0.3) is 5.56 Å². The van der Waals surface area contributed by atoms with Crippen molar-refractivity contribution in [3.8, 4) is 10.6 Å². The number of thiazole rings is 1. The SMILES string of the molecule is CC(C)(C)OC(=O)N1CCC[C@@H](Nc2nc(C3CCN(C(=O)OCc4ccccc4)CC3)[nH]c(=O)c2-c2nc3ccccc3s2)C1. The van der Waals surface area contributed by atoms with E-state index in [0.717, 1.165) is 28.6 Å². The van der Waals surface area contributed by atoms with Crippen molar-refractivity contribution in [3.05, 3.63) is 76.3 Å². The van der Waals surface area contributed by atoms with E-state index in [1.165, 1.54) is 11.3 Å². The lowest BCUT2D eigenvalue weighted by Crippen LogP contribution is -2.47. The average Bonchev–Trinajstić information content (AvgIpc) is 3.47. The normalized spacial score (nSPS) is 17.6. The Hall–Kier alpha value is -4.45. The van der Waals surface area contributed by atoms with Gasteiger partial charge in [0.15, 0.2) is 0 Å². The summed E-state index contributed by atoms with van der Waals surface area (Å²) in [6.07, 6.45) is 2.19. The maximum atomic E-state index is 13.8. The zero-order valence-corrected chi connectivity index (χ0v) is 27.3. The Morgan fingerprint density at radius 3 is 2.43 bits per heavy atom. The number of nitrogens with zero attached hydrogens (tertiary/aromatic N) is 4. The van der Waals surface area contributed by atoms with Crippen LogP contribution >= 0.6 is 11.3 Å².